The summed E-state index contributed by atoms with van der Waals surface area (Å²) in [7, 11) is 1.66. The maximum absolute atomic E-state index is 12.7. The molecule has 36 heavy (non-hydrogen) atoms. The smallest absolute Gasteiger partial charge is 0.255 e. The van der Waals surface area contributed by atoms with E-state index in [-0.39, 0.29) is 12.5 Å². The van der Waals surface area contributed by atoms with E-state index in [0.717, 1.165) is 45.0 Å². The van der Waals surface area contributed by atoms with Crippen LogP contribution < -0.4 is 15.4 Å². The summed E-state index contributed by atoms with van der Waals surface area (Å²) in [6.07, 6.45) is 0. The van der Waals surface area contributed by atoms with Gasteiger partial charge in [-0.15, -0.1) is 0 Å². The number of rotatable bonds is 8. The van der Waals surface area contributed by atoms with Crippen LogP contribution in [0.1, 0.15) is 10.4 Å². The molecule has 0 radical (unpaired) electrons. The standard InChI is InChI=1S/C29H26N4O3/c1-36-25-13-6-19(7-14-25)22-8-15-26-27(18-22)33-28(32-26)20-2-4-21(5-3-20)29(35)31-24-11-9-23(10-12-24)30-16-17-34/h2-15,18,30,34H,16-17H2,1H3,(H,31,35)(H,32,33). The van der Waals surface area contributed by atoms with Gasteiger partial charge in [0, 0.05) is 29.0 Å². The molecule has 0 aliphatic carbocycles. The molecule has 0 saturated carbocycles. The van der Waals surface area contributed by atoms with Crippen LogP contribution in [-0.2, 0) is 0 Å². The average molecular weight is 479 g/mol. The number of hydrogen-bond donors (Lipinski definition) is 4. The van der Waals surface area contributed by atoms with Crippen LogP contribution in [0.3, 0.4) is 0 Å². The lowest BCUT2D eigenvalue weighted by molar-refractivity contribution is 0.102. The van der Waals surface area contributed by atoms with E-state index in [4.69, 9.17) is 14.8 Å². The number of carbonyl (C=O) groups is 1. The molecular weight excluding hydrogens is 452 g/mol. The number of imidazole rings is 1. The Bertz CT molecular complexity index is 1470. The number of carbonyl (C=O) groups excluding carboxylic acids is 1. The van der Waals surface area contributed by atoms with Crippen molar-refractivity contribution >= 4 is 28.3 Å². The van der Waals surface area contributed by atoms with Gasteiger partial charge in [-0.1, -0.05) is 30.3 Å². The molecule has 0 spiro atoms. The molecule has 4 N–H and O–H groups in total. The predicted molar refractivity (Wildman–Crippen MR) is 143 cm³/mol. The summed E-state index contributed by atoms with van der Waals surface area (Å²) in [5.41, 5.74) is 7.03. The first-order valence-electron chi connectivity index (χ1n) is 11.6. The molecular formula is C29H26N4O3. The number of hydrogen-bond acceptors (Lipinski definition) is 5. The normalized spacial score (nSPS) is 10.8. The summed E-state index contributed by atoms with van der Waals surface area (Å²) < 4.78 is 5.25. The van der Waals surface area contributed by atoms with Crippen molar-refractivity contribution in [2.45, 2.75) is 0 Å². The van der Waals surface area contributed by atoms with Crippen LogP contribution in [0.25, 0.3) is 33.5 Å². The van der Waals surface area contributed by atoms with Gasteiger partial charge in [0.2, 0.25) is 0 Å². The molecule has 180 valence electrons. The number of aliphatic hydroxyl groups is 1. The Morgan fingerprint density at radius 2 is 1.53 bits per heavy atom. The first-order valence-corrected chi connectivity index (χ1v) is 11.6. The number of amides is 1. The first kappa shape index (κ1) is 23.1. The molecule has 4 aromatic carbocycles. The van der Waals surface area contributed by atoms with Crippen LogP contribution in [0.15, 0.2) is 91.0 Å². The van der Waals surface area contributed by atoms with Crippen molar-refractivity contribution in [1.82, 2.24) is 9.97 Å². The lowest BCUT2D eigenvalue weighted by Crippen LogP contribution is -2.12. The molecule has 1 heterocycles. The van der Waals surface area contributed by atoms with E-state index in [1.807, 2.05) is 66.7 Å². The number of methoxy groups -OCH3 is 1. The van der Waals surface area contributed by atoms with E-state index in [2.05, 4.69) is 27.8 Å². The first-order chi connectivity index (χ1) is 17.6. The van der Waals surface area contributed by atoms with Crippen LogP contribution in [0.5, 0.6) is 5.75 Å². The van der Waals surface area contributed by atoms with E-state index in [9.17, 15) is 4.79 Å². The number of aromatic amines is 1. The van der Waals surface area contributed by atoms with E-state index in [0.29, 0.717) is 17.8 Å². The molecule has 5 rings (SSSR count). The van der Waals surface area contributed by atoms with E-state index >= 15 is 0 Å². The minimum absolute atomic E-state index is 0.0627. The van der Waals surface area contributed by atoms with Crippen LogP contribution >= 0.6 is 0 Å². The molecule has 0 saturated heterocycles. The molecule has 7 heteroatoms. The summed E-state index contributed by atoms with van der Waals surface area (Å²) in [5.74, 6) is 1.38. The van der Waals surface area contributed by atoms with Gasteiger partial charge in [0.05, 0.1) is 24.8 Å². The van der Waals surface area contributed by atoms with Crippen molar-refractivity contribution in [1.29, 1.82) is 0 Å². The lowest BCUT2D eigenvalue weighted by Gasteiger charge is -2.08. The number of nitrogens with one attached hydrogen (secondary N) is 3. The number of benzene rings is 4. The fraction of sp³-hybridized carbons (Fsp3) is 0.103. The SMILES string of the molecule is COc1ccc(-c2ccc3nc(-c4ccc(C(=O)Nc5ccc(NCCO)cc5)cc4)[nH]c3c2)cc1. The van der Waals surface area contributed by atoms with Crippen molar-refractivity contribution < 1.29 is 14.6 Å². The summed E-state index contributed by atoms with van der Waals surface area (Å²) in [6, 6.07) is 28.8. The minimum Gasteiger partial charge on any atom is -0.497 e. The van der Waals surface area contributed by atoms with Crippen LogP contribution in [-0.4, -0.2) is 41.2 Å². The van der Waals surface area contributed by atoms with E-state index < -0.39 is 0 Å². The Morgan fingerprint density at radius 1 is 0.861 bits per heavy atom. The zero-order valence-electron chi connectivity index (χ0n) is 19.8. The predicted octanol–water partition coefficient (Wildman–Crippen LogP) is 5.56. The largest absolute Gasteiger partial charge is 0.497 e. The highest BCUT2D eigenvalue weighted by atomic mass is 16.5. The van der Waals surface area contributed by atoms with Gasteiger partial charge >= 0.3 is 0 Å². The minimum atomic E-state index is -0.189. The molecule has 1 amide bonds. The average Bonchev–Trinajstić information content (AvgIpc) is 3.36. The second-order valence-electron chi connectivity index (χ2n) is 8.31. The maximum atomic E-state index is 12.7. The second-order valence-corrected chi connectivity index (χ2v) is 8.31. The molecule has 7 nitrogen and oxygen atoms in total. The third-order valence-corrected chi connectivity index (χ3v) is 5.91. The summed E-state index contributed by atoms with van der Waals surface area (Å²) >= 11 is 0. The molecule has 1 aromatic heterocycles. The third-order valence-electron chi connectivity index (χ3n) is 5.91. The Morgan fingerprint density at radius 3 is 2.22 bits per heavy atom. The fourth-order valence-electron chi connectivity index (χ4n) is 3.96. The van der Waals surface area contributed by atoms with Crippen molar-refractivity contribution in [3.8, 4) is 28.3 Å². The summed E-state index contributed by atoms with van der Waals surface area (Å²) in [4.78, 5) is 20.8. The quantitative estimate of drug-likeness (QED) is 0.234. The fourth-order valence-corrected chi connectivity index (χ4v) is 3.96. The van der Waals surface area contributed by atoms with Gasteiger partial charge in [-0.05, 0) is 71.8 Å². The highest BCUT2D eigenvalue weighted by Crippen LogP contribution is 2.27. The van der Waals surface area contributed by atoms with E-state index in [1.165, 1.54) is 0 Å². The monoisotopic (exact) mass is 478 g/mol. The Labute approximate surface area is 208 Å². The number of anilines is 2. The second kappa shape index (κ2) is 10.3. The number of fused-ring (bicyclic) bond motifs is 1. The molecule has 0 unspecified atom stereocenters. The van der Waals surface area contributed by atoms with Gasteiger partial charge in [0.15, 0.2) is 0 Å². The Kier molecular flexibility index (Phi) is 6.64. The van der Waals surface area contributed by atoms with E-state index in [1.54, 1.807) is 19.2 Å². The van der Waals surface area contributed by atoms with Crippen LogP contribution in [0, 0.1) is 0 Å². The van der Waals surface area contributed by atoms with Crippen molar-refractivity contribution in [2.75, 3.05) is 30.9 Å². The maximum Gasteiger partial charge on any atom is 0.255 e. The van der Waals surface area contributed by atoms with Gasteiger partial charge in [-0.25, -0.2) is 4.98 Å². The molecule has 0 aliphatic rings. The third kappa shape index (κ3) is 5.06. The number of aliphatic hydroxyl groups excluding tert-OH is 1. The molecule has 0 bridgehead atoms. The van der Waals surface area contributed by atoms with Crippen molar-refractivity contribution in [2.24, 2.45) is 0 Å². The number of aromatic nitrogens is 2. The van der Waals surface area contributed by atoms with Crippen molar-refractivity contribution in [3.63, 3.8) is 0 Å². The molecule has 0 aliphatic heterocycles. The van der Waals surface area contributed by atoms with Crippen LogP contribution in [0.2, 0.25) is 0 Å². The van der Waals surface area contributed by atoms with Crippen LogP contribution in [0.4, 0.5) is 11.4 Å². The summed E-state index contributed by atoms with van der Waals surface area (Å²) in [5, 5.41) is 14.9. The highest BCUT2D eigenvalue weighted by Gasteiger charge is 2.10. The zero-order chi connectivity index (χ0) is 24.9. The lowest BCUT2D eigenvalue weighted by atomic mass is 10.1. The van der Waals surface area contributed by atoms with Gasteiger partial charge in [0.25, 0.3) is 5.91 Å². The Hall–Kier alpha value is -4.62. The number of nitrogens with zero attached hydrogens (tertiary/aromatic N) is 1. The number of H-pyrrole nitrogens is 1. The summed E-state index contributed by atoms with van der Waals surface area (Å²) in [6.45, 7) is 0.542. The molecule has 0 fully saturated rings. The van der Waals surface area contributed by atoms with Gasteiger partial charge < -0.3 is 25.5 Å². The van der Waals surface area contributed by atoms with Gasteiger partial charge in [-0.3, -0.25) is 4.79 Å². The zero-order valence-corrected chi connectivity index (χ0v) is 19.8. The Balaban J connectivity index is 1.29. The topological polar surface area (TPSA) is 99.3 Å². The highest BCUT2D eigenvalue weighted by molar-refractivity contribution is 6.04. The van der Waals surface area contributed by atoms with Gasteiger partial charge in [-0.2, -0.15) is 0 Å². The molecule has 5 aromatic rings. The van der Waals surface area contributed by atoms with Crippen molar-refractivity contribution in [3.05, 3.63) is 96.6 Å². The van der Waals surface area contributed by atoms with Gasteiger partial charge in [0.1, 0.15) is 11.6 Å². The molecule has 0 atom stereocenters. The number of ether oxygens (including phenoxy) is 1.